The Kier molecular flexibility index (Phi) is 48.0. The van der Waals surface area contributed by atoms with Crippen LogP contribution in [0.1, 0.15) is 239 Å². The molecule has 1 fully saturated rings. The van der Waals surface area contributed by atoms with Crippen LogP contribution in [-0.2, 0) is 42.9 Å². The monoisotopic (exact) mass is 1080 g/mol. The summed E-state index contributed by atoms with van der Waals surface area (Å²) >= 11 is 0. The number of esters is 3. The van der Waals surface area contributed by atoms with Gasteiger partial charge in [-0.25, -0.2) is 4.79 Å². The van der Waals surface area contributed by atoms with Gasteiger partial charge in [-0.3, -0.25) is 14.4 Å². The molecule has 0 aromatic carbocycles. The summed E-state index contributed by atoms with van der Waals surface area (Å²) in [7, 11) is 0. The molecule has 1 saturated heterocycles. The number of carbonyl (C=O) groups is 4. The molecule has 0 aromatic rings. The van der Waals surface area contributed by atoms with Crippen molar-refractivity contribution in [3.05, 3.63) is 97.2 Å². The van der Waals surface area contributed by atoms with Gasteiger partial charge in [0.05, 0.1) is 6.61 Å². The first-order chi connectivity index (χ1) is 37.6. The molecule has 1 aliphatic heterocycles. The van der Waals surface area contributed by atoms with Crippen molar-refractivity contribution in [2.45, 2.75) is 276 Å². The summed E-state index contributed by atoms with van der Waals surface area (Å²) in [6, 6.07) is 0. The van der Waals surface area contributed by atoms with Crippen LogP contribution in [0.4, 0.5) is 0 Å². The minimum atomic E-state index is -1.92. The molecular weight excluding hydrogens is 973 g/mol. The first kappa shape index (κ1) is 70.7. The number of unbranched alkanes of at least 4 members (excludes halogenated alkanes) is 20. The smallest absolute Gasteiger partial charge is 0.335 e. The zero-order valence-electron chi connectivity index (χ0n) is 48.2. The molecule has 1 aliphatic rings. The summed E-state index contributed by atoms with van der Waals surface area (Å²) in [5.41, 5.74) is 0. The summed E-state index contributed by atoms with van der Waals surface area (Å²) in [6.07, 6.45) is 56.8. The van der Waals surface area contributed by atoms with Crippen molar-refractivity contribution in [2.24, 2.45) is 0 Å². The van der Waals surface area contributed by atoms with E-state index in [0.717, 1.165) is 116 Å². The second-order valence-electron chi connectivity index (χ2n) is 20.2. The van der Waals surface area contributed by atoms with E-state index < -0.39 is 67.3 Å². The maximum Gasteiger partial charge on any atom is 0.335 e. The van der Waals surface area contributed by atoms with Crippen molar-refractivity contribution in [2.75, 3.05) is 13.2 Å². The SMILES string of the molecule is CC/C=C\C/C=C\C/C=C\C/C=C\CCC(=O)OC(COC(=O)CCCCCCCCC/C=C\C/C=C\C/C=C\CC)COC1OC(C(=O)O)C(O)C(O)C1OC(=O)CCCCCCCCC/C=C\CCCCCCCC. The number of hydrogen-bond acceptors (Lipinski definition) is 11. The zero-order valence-corrected chi connectivity index (χ0v) is 48.2. The third kappa shape index (κ3) is 42.3. The van der Waals surface area contributed by atoms with E-state index in [4.69, 9.17) is 23.7 Å². The van der Waals surface area contributed by atoms with E-state index in [9.17, 15) is 34.5 Å². The van der Waals surface area contributed by atoms with Gasteiger partial charge < -0.3 is 39.0 Å². The van der Waals surface area contributed by atoms with Crippen LogP contribution in [0.25, 0.3) is 0 Å². The molecule has 0 bridgehead atoms. The molecule has 77 heavy (non-hydrogen) atoms. The topological polar surface area (TPSA) is 175 Å². The third-order valence-corrected chi connectivity index (χ3v) is 13.1. The molecule has 438 valence electrons. The van der Waals surface area contributed by atoms with E-state index in [1.165, 1.54) is 57.8 Å². The average Bonchev–Trinajstić information content (AvgIpc) is 3.42. The van der Waals surface area contributed by atoms with Crippen molar-refractivity contribution in [3.63, 3.8) is 0 Å². The fraction of sp³-hybridized carbons (Fsp3) is 0.692. The lowest BCUT2D eigenvalue weighted by molar-refractivity contribution is -0.301. The number of carbonyl (C=O) groups excluding carboxylic acids is 3. The number of allylic oxidation sites excluding steroid dienone is 16. The van der Waals surface area contributed by atoms with Gasteiger partial charge in [-0.15, -0.1) is 0 Å². The molecule has 12 nitrogen and oxygen atoms in total. The fourth-order valence-corrected chi connectivity index (χ4v) is 8.57. The first-order valence-corrected chi connectivity index (χ1v) is 30.2. The van der Waals surface area contributed by atoms with Crippen LogP contribution < -0.4 is 0 Å². The predicted octanol–water partition coefficient (Wildman–Crippen LogP) is 15.7. The Labute approximate surface area is 466 Å². The molecule has 0 aliphatic carbocycles. The number of hydrogen-bond donors (Lipinski definition) is 3. The largest absolute Gasteiger partial charge is 0.479 e. The fourth-order valence-electron chi connectivity index (χ4n) is 8.57. The lowest BCUT2D eigenvalue weighted by Gasteiger charge is -2.40. The van der Waals surface area contributed by atoms with Gasteiger partial charge in [0.15, 0.2) is 24.6 Å². The zero-order chi connectivity index (χ0) is 56.1. The van der Waals surface area contributed by atoms with Gasteiger partial charge >= 0.3 is 23.9 Å². The van der Waals surface area contributed by atoms with E-state index >= 15 is 0 Å². The number of carboxylic acid groups (broad SMARTS) is 1. The normalized spacial score (nSPS) is 18.7. The van der Waals surface area contributed by atoms with E-state index in [2.05, 4.69) is 106 Å². The lowest BCUT2D eigenvalue weighted by Crippen LogP contribution is -2.61. The van der Waals surface area contributed by atoms with Gasteiger partial charge in [0, 0.05) is 19.3 Å². The van der Waals surface area contributed by atoms with E-state index in [0.29, 0.717) is 25.7 Å². The Morgan fingerprint density at radius 2 is 0.844 bits per heavy atom. The maximum atomic E-state index is 13.1. The molecular formula is C65H106O12. The minimum absolute atomic E-state index is 0.0353. The van der Waals surface area contributed by atoms with Gasteiger partial charge in [-0.1, -0.05) is 214 Å². The number of aliphatic carboxylic acids is 1. The summed E-state index contributed by atoms with van der Waals surface area (Å²) in [4.78, 5) is 51.1. The molecule has 0 radical (unpaired) electrons. The molecule has 6 atom stereocenters. The standard InChI is InChI=1S/C65H106O12/c1-4-7-10-13-16-19-22-25-27-29-31-34-36-39-42-45-48-51-57(66)73-54-56(75-58(67)52-49-46-43-40-37-33-24-21-18-15-12-9-6-3)55-74-65-63(61(70)60(69)62(77-65)64(71)72)76-59(68)53-50-47-44-41-38-35-32-30-28-26-23-20-17-14-11-8-5-2/h7,9-10,12,16,18-19,21,25-28,33,37,43,46,56,60-63,65,69-70H,4-6,8,11,13-15,17,20,22-24,29-32,34-36,38-42,44-45,47-55H2,1-3H3,(H,71,72)/b10-7-,12-9-,19-16-,21-18-,27-25-,28-26-,37-33-,46-43-. The number of ether oxygens (including phenoxy) is 5. The third-order valence-electron chi connectivity index (χ3n) is 13.1. The maximum absolute atomic E-state index is 13.1. The van der Waals surface area contributed by atoms with Crippen molar-refractivity contribution in [1.29, 1.82) is 0 Å². The Morgan fingerprint density at radius 1 is 0.442 bits per heavy atom. The van der Waals surface area contributed by atoms with Crippen LogP contribution in [0, 0.1) is 0 Å². The van der Waals surface area contributed by atoms with Gasteiger partial charge in [0.2, 0.25) is 0 Å². The highest BCUT2D eigenvalue weighted by molar-refractivity contribution is 5.74. The van der Waals surface area contributed by atoms with Gasteiger partial charge in [-0.05, 0) is 103 Å². The Bertz CT molecular complexity index is 1710. The second kappa shape index (κ2) is 52.3. The highest BCUT2D eigenvalue weighted by Crippen LogP contribution is 2.26. The van der Waals surface area contributed by atoms with Gasteiger partial charge in [-0.2, -0.15) is 0 Å². The highest BCUT2D eigenvalue weighted by atomic mass is 16.7. The quantitative estimate of drug-likeness (QED) is 0.0228. The molecule has 0 saturated carbocycles. The molecule has 1 heterocycles. The summed E-state index contributed by atoms with van der Waals surface area (Å²) in [5.74, 6) is -3.25. The van der Waals surface area contributed by atoms with Crippen LogP contribution in [-0.4, -0.2) is 89.2 Å². The van der Waals surface area contributed by atoms with E-state index in [-0.39, 0.29) is 25.9 Å². The van der Waals surface area contributed by atoms with Crippen LogP contribution >= 0.6 is 0 Å². The van der Waals surface area contributed by atoms with Crippen molar-refractivity contribution >= 4 is 23.9 Å². The molecule has 0 spiro atoms. The van der Waals surface area contributed by atoms with Crippen LogP contribution in [0.3, 0.4) is 0 Å². The average molecular weight is 1080 g/mol. The Balaban J connectivity index is 2.71. The number of rotatable bonds is 50. The molecule has 1 rings (SSSR count). The Hall–Kier alpha value is -4.36. The predicted molar refractivity (Wildman–Crippen MR) is 312 cm³/mol. The summed E-state index contributed by atoms with van der Waals surface area (Å²) in [5, 5.41) is 31.5. The molecule has 12 heteroatoms. The van der Waals surface area contributed by atoms with E-state index in [1.807, 2.05) is 12.2 Å². The molecule has 3 N–H and O–H groups in total. The van der Waals surface area contributed by atoms with Crippen molar-refractivity contribution in [3.8, 4) is 0 Å². The van der Waals surface area contributed by atoms with Gasteiger partial charge in [0.1, 0.15) is 18.8 Å². The summed E-state index contributed by atoms with van der Waals surface area (Å²) in [6.45, 7) is 5.69. The van der Waals surface area contributed by atoms with Crippen molar-refractivity contribution < 1.29 is 58.2 Å². The van der Waals surface area contributed by atoms with E-state index in [1.54, 1.807) is 0 Å². The highest BCUT2D eigenvalue weighted by Gasteiger charge is 2.50. The number of carboxylic acids is 1. The molecule has 0 amide bonds. The Morgan fingerprint density at radius 3 is 1.31 bits per heavy atom. The molecule has 0 aromatic heterocycles. The lowest BCUT2D eigenvalue weighted by atomic mass is 9.98. The van der Waals surface area contributed by atoms with Crippen molar-refractivity contribution in [1.82, 2.24) is 0 Å². The van der Waals surface area contributed by atoms with Crippen LogP contribution in [0.2, 0.25) is 0 Å². The minimum Gasteiger partial charge on any atom is -0.479 e. The number of aliphatic hydroxyl groups is 2. The number of aliphatic hydroxyl groups excluding tert-OH is 2. The summed E-state index contributed by atoms with van der Waals surface area (Å²) < 4.78 is 28.3. The van der Waals surface area contributed by atoms with Gasteiger partial charge in [0.25, 0.3) is 0 Å². The molecule has 6 unspecified atom stereocenters. The van der Waals surface area contributed by atoms with Crippen LogP contribution in [0.5, 0.6) is 0 Å². The first-order valence-electron chi connectivity index (χ1n) is 30.2. The van der Waals surface area contributed by atoms with Crippen LogP contribution in [0.15, 0.2) is 97.2 Å². The second-order valence-corrected chi connectivity index (χ2v) is 20.2.